The molecule has 0 radical (unpaired) electrons. The first-order valence-corrected chi connectivity index (χ1v) is 9.52. The van der Waals surface area contributed by atoms with E-state index in [4.69, 9.17) is 0 Å². The van der Waals surface area contributed by atoms with Gasteiger partial charge in [-0.1, -0.05) is 37.3 Å². The quantitative estimate of drug-likeness (QED) is 0.784. The van der Waals surface area contributed by atoms with Crippen molar-refractivity contribution in [2.24, 2.45) is 4.99 Å². The molecule has 1 N–H and O–H groups in total. The second kappa shape index (κ2) is 7.79. The average molecular weight is 366 g/mol. The zero-order chi connectivity index (χ0) is 18.7. The monoisotopic (exact) mass is 366 g/mol. The lowest BCUT2D eigenvalue weighted by molar-refractivity contribution is -0.122. The maximum absolute atomic E-state index is 12.7. The number of rotatable bonds is 4. The summed E-state index contributed by atoms with van der Waals surface area (Å²) in [5, 5.41) is 10.7. The van der Waals surface area contributed by atoms with Gasteiger partial charge in [-0.2, -0.15) is 0 Å². The van der Waals surface area contributed by atoms with Gasteiger partial charge in [-0.25, -0.2) is 4.99 Å². The third-order valence-electron chi connectivity index (χ3n) is 4.24. The maximum atomic E-state index is 12.7. The van der Waals surface area contributed by atoms with Crippen LogP contribution in [0.3, 0.4) is 0 Å². The number of amidine groups is 1. The van der Waals surface area contributed by atoms with Gasteiger partial charge in [0.05, 0.1) is 4.91 Å². The van der Waals surface area contributed by atoms with E-state index in [1.54, 1.807) is 17.0 Å². The number of thioether (sulfide) groups is 1. The number of hydrogen-bond acceptors (Lipinski definition) is 4. The summed E-state index contributed by atoms with van der Waals surface area (Å²) in [7, 11) is 0. The fourth-order valence-corrected chi connectivity index (χ4v) is 3.76. The number of benzene rings is 2. The SMILES string of the molecule is CCc1ccc(/C=C2\SC(=Nc3ccc(C)cc3O)N(CC)C2=O)cc1. The van der Waals surface area contributed by atoms with Crippen LogP contribution in [0.15, 0.2) is 52.4 Å². The van der Waals surface area contributed by atoms with Crippen molar-refractivity contribution < 1.29 is 9.90 Å². The van der Waals surface area contributed by atoms with Crippen molar-refractivity contribution in [3.63, 3.8) is 0 Å². The fourth-order valence-electron chi connectivity index (χ4n) is 2.70. The van der Waals surface area contributed by atoms with Crippen LogP contribution in [-0.2, 0) is 11.2 Å². The molecule has 2 aromatic rings. The third-order valence-corrected chi connectivity index (χ3v) is 5.24. The predicted octanol–water partition coefficient (Wildman–Crippen LogP) is 4.89. The van der Waals surface area contributed by atoms with Crippen molar-refractivity contribution in [2.75, 3.05) is 6.54 Å². The van der Waals surface area contributed by atoms with E-state index in [0.29, 0.717) is 22.3 Å². The minimum absolute atomic E-state index is 0.0533. The van der Waals surface area contributed by atoms with Crippen LogP contribution in [0, 0.1) is 6.92 Å². The van der Waals surface area contributed by atoms with Gasteiger partial charge in [-0.05, 0) is 66.9 Å². The van der Waals surface area contributed by atoms with E-state index in [0.717, 1.165) is 17.5 Å². The Labute approximate surface area is 158 Å². The molecule has 26 heavy (non-hydrogen) atoms. The minimum atomic E-state index is -0.0533. The highest BCUT2D eigenvalue weighted by atomic mass is 32.2. The van der Waals surface area contributed by atoms with Crippen molar-refractivity contribution in [1.82, 2.24) is 4.90 Å². The second-order valence-electron chi connectivity index (χ2n) is 6.14. The molecule has 1 fully saturated rings. The largest absolute Gasteiger partial charge is 0.506 e. The van der Waals surface area contributed by atoms with E-state index in [1.807, 2.05) is 38.1 Å². The molecule has 0 saturated carbocycles. The molecule has 0 aliphatic carbocycles. The van der Waals surface area contributed by atoms with E-state index < -0.39 is 0 Å². The summed E-state index contributed by atoms with van der Waals surface area (Å²) in [6.45, 7) is 6.48. The van der Waals surface area contributed by atoms with Crippen LogP contribution in [0.25, 0.3) is 6.08 Å². The smallest absolute Gasteiger partial charge is 0.266 e. The normalized spacial score (nSPS) is 17.5. The van der Waals surface area contributed by atoms with Gasteiger partial charge in [-0.3, -0.25) is 9.69 Å². The Morgan fingerprint density at radius 3 is 2.50 bits per heavy atom. The number of amides is 1. The Bertz CT molecular complexity index is 885. The van der Waals surface area contributed by atoms with Crippen molar-refractivity contribution >= 4 is 34.6 Å². The summed E-state index contributed by atoms with van der Waals surface area (Å²) < 4.78 is 0. The number of aromatic hydroxyl groups is 1. The predicted molar refractivity (Wildman–Crippen MR) is 109 cm³/mol. The Morgan fingerprint density at radius 2 is 1.88 bits per heavy atom. The molecule has 3 rings (SSSR count). The van der Waals surface area contributed by atoms with Gasteiger partial charge in [-0.15, -0.1) is 0 Å². The van der Waals surface area contributed by atoms with E-state index >= 15 is 0 Å². The molecule has 1 amide bonds. The highest BCUT2D eigenvalue weighted by molar-refractivity contribution is 8.18. The molecule has 5 heteroatoms. The number of carbonyl (C=O) groups is 1. The molecule has 4 nitrogen and oxygen atoms in total. The molecular formula is C21H22N2O2S. The summed E-state index contributed by atoms with van der Waals surface area (Å²) in [4.78, 5) is 19.5. The molecule has 0 bridgehead atoms. The van der Waals surface area contributed by atoms with Crippen LogP contribution in [0.2, 0.25) is 0 Å². The molecule has 0 unspecified atom stereocenters. The first kappa shape index (κ1) is 18.3. The summed E-state index contributed by atoms with van der Waals surface area (Å²) >= 11 is 1.34. The summed E-state index contributed by atoms with van der Waals surface area (Å²) in [5.41, 5.74) is 3.70. The topological polar surface area (TPSA) is 52.9 Å². The molecule has 1 saturated heterocycles. The van der Waals surface area contributed by atoms with Crippen molar-refractivity contribution in [2.45, 2.75) is 27.2 Å². The lowest BCUT2D eigenvalue weighted by Gasteiger charge is -2.12. The van der Waals surface area contributed by atoms with Crippen LogP contribution in [-0.4, -0.2) is 27.6 Å². The van der Waals surface area contributed by atoms with Gasteiger partial charge >= 0.3 is 0 Å². The average Bonchev–Trinajstić information content (AvgIpc) is 2.92. The van der Waals surface area contributed by atoms with Crippen LogP contribution < -0.4 is 0 Å². The van der Waals surface area contributed by atoms with Crippen LogP contribution >= 0.6 is 11.8 Å². The fraction of sp³-hybridized carbons (Fsp3) is 0.238. The zero-order valence-electron chi connectivity index (χ0n) is 15.2. The molecule has 2 aromatic carbocycles. The van der Waals surface area contributed by atoms with E-state index in [9.17, 15) is 9.90 Å². The van der Waals surface area contributed by atoms with Gasteiger partial charge in [0.1, 0.15) is 11.4 Å². The lowest BCUT2D eigenvalue weighted by Crippen LogP contribution is -2.28. The van der Waals surface area contributed by atoms with Gasteiger partial charge in [0.15, 0.2) is 5.17 Å². The summed E-state index contributed by atoms with van der Waals surface area (Å²) in [6, 6.07) is 13.5. The van der Waals surface area contributed by atoms with Crippen molar-refractivity contribution in [3.05, 3.63) is 64.1 Å². The molecule has 0 spiro atoms. The number of phenolic OH excluding ortho intramolecular Hbond substituents is 1. The van der Waals surface area contributed by atoms with E-state index in [2.05, 4.69) is 24.0 Å². The number of hydrogen-bond donors (Lipinski definition) is 1. The van der Waals surface area contributed by atoms with E-state index in [1.165, 1.54) is 17.3 Å². The Hall–Kier alpha value is -2.53. The molecule has 0 atom stereocenters. The number of carbonyl (C=O) groups excluding carboxylic acids is 1. The van der Waals surface area contributed by atoms with Gasteiger partial charge in [0.2, 0.25) is 0 Å². The number of nitrogens with zero attached hydrogens (tertiary/aromatic N) is 2. The Balaban J connectivity index is 1.92. The molecular weight excluding hydrogens is 344 g/mol. The highest BCUT2D eigenvalue weighted by Gasteiger charge is 2.32. The number of aliphatic imine (C=N–C) groups is 1. The van der Waals surface area contributed by atoms with Crippen LogP contribution in [0.4, 0.5) is 5.69 Å². The Kier molecular flexibility index (Phi) is 5.47. The van der Waals surface area contributed by atoms with Gasteiger partial charge < -0.3 is 5.11 Å². The molecule has 0 aromatic heterocycles. The zero-order valence-corrected chi connectivity index (χ0v) is 16.0. The molecule has 134 valence electrons. The highest BCUT2D eigenvalue weighted by Crippen LogP contribution is 2.36. The summed E-state index contributed by atoms with van der Waals surface area (Å²) in [5.74, 6) is 0.0663. The van der Waals surface area contributed by atoms with Crippen molar-refractivity contribution in [3.8, 4) is 5.75 Å². The first-order valence-electron chi connectivity index (χ1n) is 8.70. The number of likely N-dealkylation sites (N-methyl/N-ethyl adjacent to an activating group) is 1. The minimum Gasteiger partial charge on any atom is -0.506 e. The lowest BCUT2D eigenvalue weighted by atomic mass is 10.1. The molecule has 1 aliphatic heterocycles. The number of phenols is 1. The van der Waals surface area contributed by atoms with Crippen molar-refractivity contribution in [1.29, 1.82) is 0 Å². The standard InChI is InChI=1S/C21H22N2O2S/c1-4-15-7-9-16(10-8-15)13-19-20(25)23(5-2)21(26-19)22-17-11-6-14(3)12-18(17)24/h6-13,24H,4-5H2,1-3H3/b19-13-,22-21?. The van der Waals surface area contributed by atoms with Crippen LogP contribution in [0.1, 0.15) is 30.5 Å². The maximum Gasteiger partial charge on any atom is 0.266 e. The second-order valence-corrected chi connectivity index (χ2v) is 7.15. The molecule has 1 aliphatic rings. The van der Waals surface area contributed by atoms with Gasteiger partial charge in [0, 0.05) is 6.54 Å². The van der Waals surface area contributed by atoms with E-state index in [-0.39, 0.29) is 11.7 Å². The third kappa shape index (κ3) is 3.83. The van der Waals surface area contributed by atoms with Crippen LogP contribution in [0.5, 0.6) is 5.75 Å². The molecule has 1 heterocycles. The Morgan fingerprint density at radius 1 is 1.15 bits per heavy atom. The first-order chi connectivity index (χ1) is 12.5. The summed E-state index contributed by atoms with van der Waals surface area (Å²) in [6.07, 6.45) is 2.89. The van der Waals surface area contributed by atoms with Gasteiger partial charge in [0.25, 0.3) is 5.91 Å². The number of aryl methyl sites for hydroxylation is 2.